The van der Waals surface area contributed by atoms with E-state index >= 15 is 0 Å². The van der Waals surface area contributed by atoms with Gasteiger partial charge in [-0.15, -0.1) is 0 Å². The van der Waals surface area contributed by atoms with Crippen molar-refractivity contribution < 1.29 is 0 Å². The van der Waals surface area contributed by atoms with Gasteiger partial charge in [0.05, 0.1) is 0 Å². The number of hydrogen-bond acceptors (Lipinski definition) is 1. The molecule has 1 rings (SSSR count). The molecular formula is C9H19N. The van der Waals surface area contributed by atoms with Crippen LogP contribution in [0.1, 0.15) is 39.5 Å². The van der Waals surface area contributed by atoms with Crippen molar-refractivity contribution in [1.82, 2.24) is 5.32 Å². The van der Waals surface area contributed by atoms with Crippen LogP contribution in [0.3, 0.4) is 0 Å². The Morgan fingerprint density at radius 3 is 2.60 bits per heavy atom. The highest BCUT2D eigenvalue weighted by atomic mass is 14.9. The van der Waals surface area contributed by atoms with Gasteiger partial charge < -0.3 is 5.32 Å². The first-order valence-electron chi connectivity index (χ1n) is 4.61. The number of hydrogen-bond donors (Lipinski definition) is 1. The van der Waals surface area contributed by atoms with Crippen molar-refractivity contribution in [1.29, 1.82) is 0 Å². The van der Waals surface area contributed by atoms with Crippen molar-refractivity contribution in [3.8, 4) is 0 Å². The van der Waals surface area contributed by atoms with Crippen LogP contribution in [0.2, 0.25) is 0 Å². The van der Waals surface area contributed by atoms with Crippen LogP contribution in [0, 0.1) is 5.92 Å². The van der Waals surface area contributed by atoms with Gasteiger partial charge in [0.15, 0.2) is 0 Å². The number of rotatable bonds is 2. The van der Waals surface area contributed by atoms with Crippen LogP contribution in [0.5, 0.6) is 0 Å². The quantitative estimate of drug-likeness (QED) is 0.621. The van der Waals surface area contributed by atoms with Crippen LogP contribution in [0.25, 0.3) is 0 Å². The molecule has 0 aromatic heterocycles. The van der Waals surface area contributed by atoms with Crippen LogP contribution in [-0.4, -0.2) is 12.6 Å². The van der Waals surface area contributed by atoms with Crippen molar-refractivity contribution >= 4 is 0 Å². The van der Waals surface area contributed by atoms with Crippen LogP contribution >= 0.6 is 0 Å². The summed E-state index contributed by atoms with van der Waals surface area (Å²) in [5.74, 6) is 0.957. The summed E-state index contributed by atoms with van der Waals surface area (Å²) in [5, 5.41) is 3.57. The standard InChI is InChI=1S/C9H19N/c1-3-8-6-5-7-10-9(8)4-2/h8-10H,3-7H2,1-2H3/t8?,9-/m0/s1. The first-order valence-corrected chi connectivity index (χ1v) is 4.61. The molecule has 60 valence electrons. The third kappa shape index (κ3) is 1.72. The van der Waals surface area contributed by atoms with E-state index < -0.39 is 0 Å². The molecule has 1 fully saturated rings. The van der Waals surface area contributed by atoms with Gasteiger partial charge in [0.2, 0.25) is 0 Å². The SMILES string of the molecule is CCC1CCCN[C@H]1CC. The van der Waals surface area contributed by atoms with E-state index in [0.717, 1.165) is 12.0 Å². The second kappa shape index (κ2) is 3.97. The maximum Gasteiger partial charge on any atom is 0.00926 e. The van der Waals surface area contributed by atoms with Gasteiger partial charge in [-0.2, -0.15) is 0 Å². The van der Waals surface area contributed by atoms with E-state index in [1.54, 1.807) is 0 Å². The fourth-order valence-corrected chi connectivity index (χ4v) is 1.99. The summed E-state index contributed by atoms with van der Waals surface area (Å²) in [6.45, 7) is 5.83. The molecule has 0 aromatic rings. The van der Waals surface area contributed by atoms with Gasteiger partial charge in [-0.25, -0.2) is 0 Å². The van der Waals surface area contributed by atoms with Gasteiger partial charge in [-0.1, -0.05) is 20.3 Å². The predicted octanol–water partition coefficient (Wildman–Crippen LogP) is 2.17. The molecule has 1 N–H and O–H groups in total. The molecule has 0 bridgehead atoms. The Bertz CT molecular complexity index is 78.7. The fourth-order valence-electron chi connectivity index (χ4n) is 1.99. The largest absolute Gasteiger partial charge is 0.314 e. The van der Waals surface area contributed by atoms with Crippen molar-refractivity contribution in [3.05, 3.63) is 0 Å². The highest BCUT2D eigenvalue weighted by molar-refractivity contribution is 4.78. The van der Waals surface area contributed by atoms with Crippen LogP contribution in [0.4, 0.5) is 0 Å². The Kier molecular flexibility index (Phi) is 3.20. The monoisotopic (exact) mass is 141 g/mol. The molecule has 1 heteroatoms. The van der Waals surface area contributed by atoms with E-state index in [1.165, 1.54) is 32.2 Å². The summed E-state index contributed by atoms with van der Waals surface area (Å²) in [6, 6.07) is 0.818. The summed E-state index contributed by atoms with van der Waals surface area (Å²) in [5.41, 5.74) is 0. The number of piperidine rings is 1. The third-order valence-corrected chi connectivity index (χ3v) is 2.69. The molecule has 0 saturated carbocycles. The van der Waals surface area contributed by atoms with E-state index in [4.69, 9.17) is 0 Å². The molecule has 1 aliphatic rings. The first-order chi connectivity index (χ1) is 4.88. The van der Waals surface area contributed by atoms with Gasteiger partial charge in [0.25, 0.3) is 0 Å². The molecule has 0 amide bonds. The Morgan fingerprint density at radius 2 is 2.10 bits per heavy atom. The Hall–Kier alpha value is -0.0400. The molecule has 10 heavy (non-hydrogen) atoms. The zero-order valence-electron chi connectivity index (χ0n) is 7.19. The van der Waals surface area contributed by atoms with Crippen LogP contribution in [0.15, 0.2) is 0 Å². The van der Waals surface area contributed by atoms with Gasteiger partial charge >= 0.3 is 0 Å². The molecule has 1 nitrogen and oxygen atoms in total. The van der Waals surface area contributed by atoms with Crippen molar-refractivity contribution in [2.24, 2.45) is 5.92 Å². The maximum atomic E-state index is 3.57. The highest BCUT2D eigenvalue weighted by Crippen LogP contribution is 2.21. The van der Waals surface area contributed by atoms with E-state index in [2.05, 4.69) is 19.2 Å². The lowest BCUT2D eigenvalue weighted by Gasteiger charge is -2.31. The van der Waals surface area contributed by atoms with Crippen LogP contribution < -0.4 is 5.32 Å². The molecule has 0 aliphatic carbocycles. The second-order valence-electron chi connectivity index (χ2n) is 3.28. The van der Waals surface area contributed by atoms with Crippen molar-refractivity contribution in [2.75, 3.05) is 6.54 Å². The van der Waals surface area contributed by atoms with E-state index in [1.807, 2.05) is 0 Å². The molecular weight excluding hydrogens is 122 g/mol. The fraction of sp³-hybridized carbons (Fsp3) is 1.00. The summed E-state index contributed by atoms with van der Waals surface area (Å²) >= 11 is 0. The predicted molar refractivity (Wildman–Crippen MR) is 45.1 cm³/mol. The maximum absolute atomic E-state index is 3.57. The zero-order valence-corrected chi connectivity index (χ0v) is 7.19. The topological polar surface area (TPSA) is 12.0 Å². The Balaban J connectivity index is 2.34. The van der Waals surface area contributed by atoms with Gasteiger partial charge in [0, 0.05) is 6.04 Å². The second-order valence-corrected chi connectivity index (χ2v) is 3.28. The van der Waals surface area contributed by atoms with Gasteiger partial charge in [-0.05, 0) is 31.7 Å². The molecule has 1 aliphatic heterocycles. The van der Waals surface area contributed by atoms with Gasteiger partial charge in [0.1, 0.15) is 0 Å². The van der Waals surface area contributed by atoms with Crippen LogP contribution in [-0.2, 0) is 0 Å². The summed E-state index contributed by atoms with van der Waals surface area (Å²) in [6.07, 6.45) is 5.49. The lowest BCUT2D eigenvalue weighted by molar-refractivity contribution is 0.267. The minimum Gasteiger partial charge on any atom is -0.314 e. The molecule has 1 saturated heterocycles. The van der Waals surface area contributed by atoms with E-state index in [0.29, 0.717) is 0 Å². The summed E-state index contributed by atoms with van der Waals surface area (Å²) < 4.78 is 0. The van der Waals surface area contributed by atoms with Gasteiger partial charge in [-0.3, -0.25) is 0 Å². The summed E-state index contributed by atoms with van der Waals surface area (Å²) in [4.78, 5) is 0. The average molecular weight is 141 g/mol. The Labute approximate surface area is 64.2 Å². The lowest BCUT2D eigenvalue weighted by Crippen LogP contribution is -2.40. The minimum absolute atomic E-state index is 0.818. The zero-order chi connectivity index (χ0) is 7.40. The molecule has 2 atom stereocenters. The molecule has 0 radical (unpaired) electrons. The molecule has 1 unspecified atom stereocenters. The molecule has 0 spiro atoms. The molecule has 0 aromatic carbocycles. The average Bonchev–Trinajstić information content (AvgIpc) is 2.04. The lowest BCUT2D eigenvalue weighted by atomic mass is 9.87. The third-order valence-electron chi connectivity index (χ3n) is 2.69. The first kappa shape index (κ1) is 8.06. The highest BCUT2D eigenvalue weighted by Gasteiger charge is 2.20. The smallest absolute Gasteiger partial charge is 0.00926 e. The van der Waals surface area contributed by atoms with E-state index in [-0.39, 0.29) is 0 Å². The van der Waals surface area contributed by atoms with E-state index in [9.17, 15) is 0 Å². The minimum atomic E-state index is 0.818. The Morgan fingerprint density at radius 1 is 1.30 bits per heavy atom. The van der Waals surface area contributed by atoms with Crippen molar-refractivity contribution in [2.45, 2.75) is 45.6 Å². The summed E-state index contributed by atoms with van der Waals surface area (Å²) in [7, 11) is 0. The normalized spacial score (nSPS) is 34.2. The molecule has 1 heterocycles. The van der Waals surface area contributed by atoms with Crippen molar-refractivity contribution in [3.63, 3.8) is 0 Å². The number of nitrogens with one attached hydrogen (secondary N) is 1.